The number of nitrogens with two attached hydrogens (primary N) is 1. The summed E-state index contributed by atoms with van der Waals surface area (Å²) in [6.07, 6.45) is 1.04. The Hall–Kier alpha value is -0.610. The second-order valence-electron chi connectivity index (χ2n) is 3.32. The van der Waals surface area contributed by atoms with Gasteiger partial charge in [-0.3, -0.25) is 0 Å². The van der Waals surface area contributed by atoms with Crippen molar-refractivity contribution in [2.75, 3.05) is 11.5 Å². The SMILES string of the molecule is CCCSCC(N)c1c(F)cccc1F. The zero-order chi connectivity index (χ0) is 11.3. The van der Waals surface area contributed by atoms with Crippen LogP contribution in [0.4, 0.5) is 8.78 Å². The molecule has 0 bridgehead atoms. The summed E-state index contributed by atoms with van der Waals surface area (Å²) < 4.78 is 26.6. The summed E-state index contributed by atoms with van der Waals surface area (Å²) in [4.78, 5) is 0. The first-order valence-corrected chi connectivity index (χ1v) is 6.09. The predicted molar refractivity (Wildman–Crippen MR) is 60.9 cm³/mol. The van der Waals surface area contributed by atoms with E-state index in [1.165, 1.54) is 18.2 Å². The molecule has 1 nitrogen and oxygen atoms in total. The molecule has 0 fully saturated rings. The lowest BCUT2D eigenvalue weighted by Gasteiger charge is -2.13. The van der Waals surface area contributed by atoms with Crippen molar-refractivity contribution in [2.24, 2.45) is 5.73 Å². The maximum absolute atomic E-state index is 13.3. The lowest BCUT2D eigenvalue weighted by atomic mass is 10.1. The van der Waals surface area contributed by atoms with Gasteiger partial charge in [0.2, 0.25) is 0 Å². The summed E-state index contributed by atoms with van der Waals surface area (Å²) >= 11 is 1.62. The summed E-state index contributed by atoms with van der Waals surface area (Å²) in [5.41, 5.74) is 5.74. The Morgan fingerprint density at radius 2 is 1.93 bits per heavy atom. The van der Waals surface area contributed by atoms with Crippen molar-refractivity contribution < 1.29 is 8.78 Å². The van der Waals surface area contributed by atoms with E-state index < -0.39 is 17.7 Å². The maximum atomic E-state index is 13.3. The predicted octanol–water partition coefficient (Wildman–Crippen LogP) is 3.11. The average molecular weight is 231 g/mol. The van der Waals surface area contributed by atoms with E-state index in [0.717, 1.165) is 12.2 Å². The molecule has 0 aliphatic carbocycles. The molecule has 1 unspecified atom stereocenters. The molecule has 0 saturated carbocycles. The van der Waals surface area contributed by atoms with Crippen LogP contribution in [0.3, 0.4) is 0 Å². The molecule has 2 N–H and O–H groups in total. The van der Waals surface area contributed by atoms with Gasteiger partial charge in [0.15, 0.2) is 0 Å². The fraction of sp³-hybridized carbons (Fsp3) is 0.455. The van der Waals surface area contributed by atoms with Gasteiger partial charge in [-0.05, 0) is 24.3 Å². The van der Waals surface area contributed by atoms with Gasteiger partial charge in [0.05, 0.1) is 0 Å². The van der Waals surface area contributed by atoms with E-state index in [-0.39, 0.29) is 5.56 Å². The number of rotatable bonds is 5. The van der Waals surface area contributed by atoms with Crippen LogP contribution in [0.1, 0.15) is 24.9 Å². The fourth-order valence-corrected chi connectivity index (χ4v) is 2.18. The van der Waals surface area contributed by atoms with Gasteiger partial charge < -0.3 is 5.73 Å². The van der Waals surface area contributed by atoms with Crippen LogP contribution in [0.2, 0.25) is 0 Å². The fourth-order valence-electron chi connectivity index (χ4n) is 1.30. The van der Waals surface area contributed by atoms with Gasteiger partial charge in [0.25, 0.3) is 0 Å². The highest BCUT2D eigenvalue weighted by Crippen LogP contribution is 2.22. The summed E-state index contributed by atoms with van der Waals surface area (Å²) in [6, 6.07) is 3.26. The Balaban J connectivity index is 2.68. The Bertz CT molecular complexity index is 297. The molecule has 0 aliphatic heterocycles. The van der Waals surface area contributed by atoms with E-state index in [1.807, 2.05) is 0 Å². The Morgan fingerprint density at radius 3 is 2.47 bits per heavy atom. The van der Waals surface area contributed by atoms with Gasteiger partial charge >= 0.3 is 0 Å². The van der Waals surface area contributed by atoms with Crippen LogP contribution in [-0.2, 0) is 0 Å². The van der Waals surface area contributed by atoms with Crippen molar-refractivity contribution >= 4 is 11.8 Å². The Labute approximate surface area is 93.1 Å². The molecule has 15 heavy (non-hydrogen) atoms. The third-order valence-corrected chi connectivity index (χ3v) is 3.31. The smallest absolute Gasteiger partial charge is 0.130 e. The molecule has 1 rings (SSSR count). The number of benzene rings is 1. The Kier molecular flexibility index (Phi) is 5.05. The molecule has 4 heteroatoms. The van der Waals surface area contributed by atoms with Crippen molar-refractivity contribution in [2.45, 2.75) is 19.4 Å². The molecular weight excluding hydrogens is 216 g/mol. The number of hydrogen-bond donors (Lipinski definition) is 1. The molecule has 1 atom stereocenters. The van der Waals surface area contributed by atoms with Crippen LogP contribution in [0, 0.1) is 11.6 Å². The van der Waals surface area contributed by atoms with E-state index in [2.05, 4.69) is 6.92 Å². The molecule has 1 aromatic carbocycles. The quantitative estimate of drug-likeness (QED) is 0.788. The first-order chi connectivity index (χ1) is 7.16. The summed E-state index contributed by atoms with van der Waals surface area (Å²) in [6.45, 7) is 2.06. The third-order valence-electron chi connectivity index (χ3n) is 2.02. The van der Waals surface area contributed by atoms with E-state index in [1.54, 1.807) is 11.8 Å². The molecule has 0 aromatic heterocycles. The normalized spacial score (nSPS) is 12.8. The van der Waals surface area contributed by atoms with Gasteiger partial charge in [-0.2, -0.15) is 11.8 Å². The van der Waals surface area contributed by atoms with Gasteiger partial charge in [-0.25, -0.2) is 8.78 Å². The van der Waals surface area contributed by atoms with Crippen LogP contribution in [-0.4, -0.2) is 11.5 Å². The van der Waals surface area contributed by atoms with Crippen molar-refractivity contribution in [3.63, 3.8) is 0 Å². The lowest BCUT2D eigenvalue weighted by Crippen LogP contribution is -2.16. The summed E-state index contributed by atoms with van der Waals surface area (Å²) in [5, 5.41) is 0. The van der Waals surface area contributed by atoms with Crippen molar-refractivity contribution in [1.82, 2.24) is 0 Å². The average Bonchev–Trinajstić information content (AvgIpc) is 2.18. The minimum atomic E-state index is -0.567. The van der Waals surface area contributed by atoms with Crippen LogP contribution in [0.15, 0.2) is 18.2 Å². The van der Waals surface area contributed by atoms with E-state index in [0.29, 0.717) is 5.75 Å². The van der Waals surface area contributed by atoms with Gasteiger partial charge in [-0.1, -0.05) is 13.0 Å². The van der Waals surface area contributed by atoms with Crippen molar-refractivity contribution in [3.05, 3.63) is 35.4 Å². The van der Waals surface area contributed by atoms with Crippen molar-refractivity contribution in [1.29, 1.82) is 0 Å². The van der Waals surface area contributed by atoms with E-state index >= 15 is 0 Å². The van der Waals surface area contributed by atoms with Crippen LogP contribution in [0.5, 0.6) is 0 Å². The molecule has 0 spiro atoms. The third kappa shape index (κ3) is 3.47. The largest absolute Gasteiger partial charge is 0.323 e. The highest BCUT2D eigenvalue weighted by Gasteiger charge is 2.15. The lowest BCUT2D eigenvalue weighted by molar-refractivity contribution is 0.538. The molecule has 0 radical (unpaired) electrons. The van der Waals surface area contributed by atoms with Crippen molar-refractivity contribution in [3.8, 4) is 0 Å². The Morgan fingerprint density at radius 1 is 1.33 bits per heavy atom. The molecule has 0 saturated heterocycles. The summed E-state index contributed by atoms with van der Waals surface area (Å²) in [5.74, 6) is 0.398. The number of hydrogen-bond acceptors (Lipinski definition) is 2. The summed E-state index contributed by atoms with van der Waals surface area (Å²) in [7, 11) is 0. The van der Waals surface area contributed by atoms with Gasteiger partial charge in [0.1, 0.15) is 11.6 Å². The molecule has 1 aromatic rings. The monoisotopic (exact) mass is 231 g/mol. The molecule has 0 aliphatic rings. The maximum Gasteiger partial charge on any atom is 0.130 e. The van der Waals surface area contributed by atoms with Gasteiger partial charge in [-0.15, -0.1) is 0 Å². The highest BCUT2D eigenvalue weighted by atomic mass is 32.2. The molecule has 0 heterocycles. The molecular formula is C11H15F2NS. The molecule has 84 valence electrons. The number of halogens is 2. The minimum absolute atomic E-state index is 0.00102. The van der Waals surface area contributed by atoms with Gasteiger partial charge in [0, 0.05) is 17.4 Å². The topological polar surface area (TPSA) is 26.0 Å². The highest BCUT2D eigenvalue weighted by molar-refractivity contribution is 7.99. The van der Waals surface area contributed by atoms with Crippen LogP contribution < -0.4 is 5.73 Å². The first kappa shape index (κ1) is 12.5. The minimum Gasteiger partial charge on any atom is -0.323 e. The standard InChI is InChI=1S/C11H15F2NS/c1-2-6-15-7-10(14)11-8(12)4-3-5-9(11)13/h3-5,10H,2,6-7,14H2,1H3. The van der Waals surface area contributed by atoms with E-state index in [9.17, 15) is 8.78 Å². The second-order valence-corrected chi connectivity index (χ2v) is 4.47. The number of thioether (sulfide) groups is 1. The first-order valence-electron chi connectivity index (χ1n) is 4.94. The van der Waals surface area contributed by atoms with Crippen LogP contribution >= 0.6 is 11.8 Å². The zero-order valence-corrected chi connectivity index (χ0v) is 9.49. The zero-order valence-electron chi connectivity index (χ0n) is 8.67. The molecule has 0 amide bonds. The second kappa shape index (κ2) is 6.08. The van der Waals surface area contributed by atoms with E-state index in [4.69, 9.17) is 5.73 Å². The van der Waals surface area contributed by atoms with Crippen LogP contribution in [0.25, 0.3) is 0 Å².